The van der Waals surface area contributed by atoms with E-state index in [1.807, 2.05) is 30.3 Å². The zero-order chi connectivity index (χ0) is 20.7. The Kier molecular flexibility index (Phi) is 10.0. The molecule has 0 heterocycles. The van der Waals surface area contributed by atoms with E-state index in [2.05, 4.69) is 61.6 Å². The monoisotopic (exact) mass is 410 g/mol. The van der Waals surface area contributed by atoms with E-state index in [1.165, 1.54) is 12.3 Å². The Bertz CT molecular complexity index is 513. The fourth-order valence-electron chi connectivity index (χ4n) is 2.97. The molecule has 0 spiro atoms. The van der Waals surface area contributed by atoms with Gasteiger partial charge in [-0.1, -0.05) is 66.7 Å². The predicted octanol–water partition coefficient (Wildman–Crippen LogP) is 7.25. The van der Waals surface area contributed by atoms with Gasteiger partial charge in [-0.3, -0.25) is 0 Å². The van der Waals surface area contributed by atoms with Gasteiger partial charge in [0.05, 0.1) is 6.10 Å². The van der Waals surface area contributed by atoms with E-state index < -0.39 is 8.32 Å². The van der Waals surface area contributed by atoms with E-state index in [0.717, 1.165) is 23.7 Å². The first kappa shape index (κ1) is 24.7. The molecule has 0 fully saturated rings. The Balaban J connectivity index is 2.89. The molecule has 1 rings (SSSR count). The molecule has 0 radical (unpaired) electrons. The Morgan fingerprint density at radius 2 is 1.41 bits per heavy atom. The van der Waals surface area contributed by atoms with Gasteiger partial charge in [-0.25, -0.2) is 0 Å². The van der Waals surface area contributed by atoms with E-state index in [9.17, 15) is 0 Å². The van der Waals surface area contributed by atoms with Gasteiger partial charge in [0, 0.05) is 0 Å². The molecular weight excluding hydrogens is 367 g/mol. The minimum Gasteiger partial charge on any atom is -0.491 e. The van der Waals surface area contributed by atoms with E-state index in [-0.39, 0.29) is 19.1 Å². The zero-order valence-corrected chi connectivity index (χ0v) is 21.1. The summed E-state index contributed by atoms with van der Waals surface area (Å²) in [4.78, 5) is 0. The molecule has 156 valence electrons. The van der Waals surface area contributed by atoms with Gasteiger partial charge in [-0.15, -0.1) is 7.92 Å². The lowest BCUT2D eigenvalue weighted by atomic mass is 10.2. The lowest BCUT2D eigenvalue weighted by molar-refractivity contribution is 0.132. The van der Waals surface area contributed by atoms with Crippen LogP contribution in [0.2, 0.25) is 18.1 Å². The van der Waals surface area contributed by atoms with Crippen molar-refractivity contribution in [3.8, 4) is 5.75 Å². The minimum absolute atomic E-state index is 0.0310. The highest BCUT2D eigenvalue weighted by molar-refractivity contribution is 7.57. The highest BCUT2D eigenvalue weighted by Crippen LogP contribution is 2.43. The average Bonchev–Trinajstić information content (AvgIpc) is 2.51. The van der Waals surface area contributed by atoms with Crippen LogP contribution in [-0.2, 0) is 4.43 Å². The molecule has 0 aliphatic carbocycles. The third-order valence-corrected chi connectivity index (χ3v) is 13.1. The summed E-state index contributed by atoms with van der Waals surface area (Å²) in [5.74, 6) is 2.44. The summed E-state index contributed by atoms with van der Waals surface area (Å²) >= 11 is 0. The lowest BCUT2D eigenvalue weighted by Gasteiger charge is -2.40. The molecule has 0 aliphatic heterocycles. The van der Waals surface area contributed by atoms with Crippen molar-refractivity contribution in [3.63, 3.8) is 0 Å². The van der Waals surface area contributed by atoms with Gasteiger partial charge < -0.3 is 9.16 Å². The minimum atomic E-state index is -1.82. The fourth-order valence-corrected chi connectivity index (χ4v) is 7.71. The van der Waals surface area contributed by atoms with E-state index in [0.29, 0.717) is 6.61 Å². The first-order valence-electron chi connectivity index (χ1n) is 10.5. The molecule has 0 aromatic heterocycles. The molecule has 2 nitrogen and oxygen atoms in total. The second-order valence-corrected chi connectivity index (χ2v) is 17.3. The van der Waals surface area contributed by atoms with Crippen LogP contribution < -0.4 is 4.74 Å². The summed E-state index contributed by atoms with van der Waals surface area (Å²) < 4.78 is 13.0. The molecule has 0 bridgehead atoms. The number of rotatable bonds is 11. The van der Waals surface area contributed by atoms with E-state index >= 15 is 0 Å². The van der Waals surface area contributed by atoms with Crippen molar-refractivity contribution in [1.29, 1.82) is 0 Å². The number of hydrogen-bond donors (Lipinski definition) is 0. The molecule has 1 unspecified atom stereocenters. The van der Waals surface area contributed by atoms with Crippen LogP contribution in [-0.4, -0.2) is 39.5 Å². The predicted molar refractivity (Wildman–Crippen MR) is 125 cm³/mol. The van der Waals surface area contributed by atoms with Gasteiger partial charge >= 0.3 is 0 Å². The quantitative estimate of drug-likeness (QED) is 0.282. The van der Waals surface area contributed by atoms with Crippen LogP contribution in [0.1, 0.15) is 48.5 Å². The normalized spacial score (nSPS) is 14.2. The number of hydrogen-bond acceptors (Lipinski definition) is 2. The van der Waals surface area contributed by atoms with Gasteiger partial charge in [0.2, 0.25) is 0 Å². The molecule has 1 aromatic rings. The second-order valence-electron chi connectivity index (χ2n) is 10.1. The second kappa shape index (κ2) is 11.0. The smallest absolute Gasteiger partial charge is 0.192 e. The summed E-state index contributed by atoms with van der Waals surface area (Å²) in [5, 5.41) is 0.219. The van der Waals surface area contributed by atoms with Gasteiger partial charge in [0.25, 0.3) is 0 Å². The lowest BCUT2D eigenvalue weighted by Crippen LogP contribution is -2.46. The van der Waals surface area contributed by atoms with Crippen molar-refractivity contribution in [2.45, 2.75) is 72.7 Å². The van der Waals surface area contributed by atoms with Crippen LogP contribution in [0, 0.1) is 11.8 Å². The summed E-state index contributed by atoms with van der Waals surface area (Å²) in [7, 11) is -1.85. The molecule has 0 amide bonds. The summed E-state index contributed by atoms with van der Waals surface area (Å²) in [6, 6.07) is 10.2. The van der Waals surface area contributed by atoms with Crippen molar-refractivity contribution < 1.29 is 9.16 Å². The van der Waals surface area contributed by atoms with Gasteiger partial charge in [0.1, 0.15) is 12.4 Å². The first-order valence-corrected chi connectivity index (χ1v) is 15.3. The number of para-hydroxylation sites is 1. The van der Waals surface area contributed by atoms with Crippen LogP contribution in [0.5, 0.6) is 5.75 Å². The van der Waals surface area contributed by atoms with Crippen molar-refractivity contribution in [2.75, 3.05) is 25.1 Å². The number of benzene rings is 1. The van der Waals surface area contributed by atoms with Gasteiger partial charge in [-0.2, -0.15) is 0 Å². The van der Waals surface area contributed by atoms with Crippen molar-refractivity contribution in [2.24, 2.45) is 11.8 Å². The molecule has 0 saturated heterocycles. The Labute approximate surface area is 171 Å². The Morgan fingerprint density at radius 1 is 0.889 bits per heavy atom. The molecular formula is C23H43O2PSi. The highest BCUT2D eigenvalue weighted by atomic mass is 31.1. The third kappa shape index (κ3) is 9.59. The summed E-state index contributed by atoms with van der Waals surface area (Å²) in [5.41, 5.74) is 0. The Morgan fingerprint density at radius 3 is 1.85 bits per heavy atom. The van der Waals surface area contributed by atoms with Crippen molar-refractivity contribution in [3.05, 3.63) is 30.3 Å². The topological polar surface area (TPSA) is 18.5 Å². The maximum atomic E-state index is 6.85. The van der Waals surface area contributed by atoms with Crippen LogP contribution in [0.3, 0.4) is 0 Å². The van der Waals surface area contributed by atoms with Crippen LogP contribution in [0.15, 0.2) is 30.3 Å². The van der Waals surface area contributed by atoms with Crippen LogP contribution in [0.25, 0.3) is 0 Å². The zero-order valence-electron chi connectivity index (χ0n) is 19.2. The maximum absolute atomic E-state index is 6.85. The van der Waals surface area contributed by atoms with Gasteiger partial charge in [-0.05, 0) is 60.6 Å². The largest absolute Gasteiger partial charge is 0.491 e. The SMILES string of the molecule is CC(C)CP(CC(C)C)CC(COc1ccccc1)O[Si](C)(C)C(C)(C)C. The van der Waals surface area contributed by atoms with Crippen LogP contribution in [0.4, 0.5) is 0 Å². The summed E-state index contributed by atoms with van der Waals surface area (Å²) in [6.07, 6.45) is 4.01. The van der Waals surface area contributed by atoms with E-state index in [1.54, 1.807) is 0 Å². The average molecular weight is 411 g/mol. The fraction of sp³-hybridized carbons (Fsp3) is 0.739. The maximum Gasteiger partial charge on any atom is 0.192 e. The molecule has 27 heavy (non-hydrogen) atoms. The molecule has 0 N–H and O–H groups in total. The van der Waals surface area contributed by atoms with Gasteiger partial charge in [0.15, 0.2) is 8.32 Å². The van der Waals surface area contributed by atoms with Crippen molar-refractivity contribution >= 4 is 16.2 Å². The molecule has 1 atom stereocenters. The Hall–Kier alpha value is -0.373. The highest BCUT2D eigenvalue weighted by Gasteiger charge is 2.39. The number of ether oxygens (including phenoxy) is 1. The third-order valence-electron chi connectivity index (χ3n) is 5.16. The summed E-state index contributed by atoms with van der Waals surface area (Å²) in [6.45, 7) is 21.7. The molecule has 0 saturated carbocycles. The standard InChI is InChI=1S/C23H43O2PSi/c1-19(2)16-26(17-20(3)4)18-22(25-27(8,9)23(5,6)7)15-24-21-13-11-10-12-14-21/h10-14,19-20,22H,15-18H2,1-9H3. The van der Waals surface area contributed by atoms with E-state index in [4.69, 9.17) is 9.16 Å². The molecule has 0 aliphatic rings. The van der Waals surface area contributed by atoms with Crippen LogP contribution >= 0.6 is 7.92 Å². The molecule has 4 heteroatoms. The molecule has 1 aromatic carbocycles. The van der Waals surface area contributed by atoms with Crippen molar-refractivity contribution in [1.82, 2.24) is 0 Å². The first-order chi connectivity index (χ1) is 12.4.